The van der Waals surface area contributed by atoms with E-state index in [4.69, 9.17) is 10.00 Å². The van der Waals surface area contributed by atoms with Crippen LogP contribution in [0.2, 0.25) is 0 Å². The third kappa shape index (κ3) is 3.52. The van der Waals surface area contributed by atoms with Gasteiger partial charge in [0.05, 0.1) is 18.2 Å². The molecule has 0 unspecified atom stereocenters. The molecule has 3 heteroatoms. The zero-order valence-corrected chi connectivity index (χ0v) is 11.8. The molecule has 0 aliphatic rings. The number of nitrogens with one attached hydrogen (secondary N) is 1. The summed E-state index contributed by atoms with van der Waals surface area (Å²) in [5, 5.41) is 12.2. The third-order valence-electron chi connectivity index (χ3n) is 3.10. The smallest absolute Gasteiger partial charge is 0.121 e. The number of hydrogen-bond donors (Lipinski definition) is 1. The predicted octanol–water partition coefficient (Wildman–Crippen LogP) is 3.88. The quantitative estimate of drug-likeness (QED) is 0.893. The summed E-state index contributed by atoms with van der Waals surface area (Å²) in [6, 6.07) is 15.8. The van der Waals surface area contributed by atoms with Gasteiger partial charge in [-0.3, -0.25) is 0 Å². The van der Waals surface area contributed by atoms with E-state index >= 15 is 0 Å². The summed E-state index contributed by atoms with van der Waals surface area (Å²) >= 11 is 0. The number of nitrogens with zero attached hydrogens (tertiary/aromatic N) is 1. The van der Waals surface area contributed by atoms with Crippen molar-refractivity contribution < 1.29 is 4.74 Å². The van der Waals surface area contributed by atoms with E-state index < -0.39 is 0 Å². The van der Waals surface area contributed by atoms with Gasteiger partial charge in [-0.2, -0.15) is 5.26 Å². The molecule has 0 atom stereocenters. The maximum Gasteiger partial charge on any atom is 0.121 e. The number of hydrogen-bond acceptors (Lipinski definition) is 3. The lowest BCUT2D eigenvalue weighted by Crippen LogP contribution is -2.02. The van der Waals surface area contributed by atoms with Gasteiger partial charge in [0, 0.05) is 18.3 Å². The molecule has 0 amide bonds. The van der Waals surface area contributed by atoms with E-state index in [1.807, 2.05) is 56.3 Å². The van der Waals surface area contributed by atoms with E-state index in [2.05, 4.69) is 11.4 Å². The monoisotopic (exact) mass is 266 g/mol. The molecule has 102 valence electrons. The van der Waals surface area contributed by atoms with Crippen LogP contribution < -0.4 is 10.1 Å². The van der Waals surface area contributed by atoms with Crippen molar-refractivity contribution in [3.63, 3.8) is 0 Å². The summed E-state index contributed by atoms with van der Waals surface area (Å²) in [5.74, 6) is 0.869. The van der Waals surface area contributed by atoms with Gasteiger partial charge in [-0.1, -0.05) is 12.1 Å². The Morgan fingerprint density at radius 2 is 2.05 bits per heavy atom. The molecule has 0 bridgehead atoms. The molecule has 3 nitrogen and oxygen atoms in total. The Bertz CT molecular complexity index is 629. The zero-order chi connectivity index (χ0) is 14.4. The Kier molecular flexibility index (Phi) is 4.62. The largest absolute Gasteiger partial charge is 0.494 e. The summed E-state index contributed by atoms with van der Waals surface area (Å²) in [6.45, 7) is 5.39. The molecule has 0 fully saturated rings. The van der Waals surface area contributed by atoms with Crippen molar-refractivity contribution in [2.75, 3.05) is 11.9 Å². The summed E-state index contributed by atoms with van der Waals surface area (Å²) in [4.78, 5) is 0. The van der Waals surface area contributed by atoms with Gasteiger partial charge in [0.15, 0.2) is 0 Å². The maximum atomic E-state index is 8.86. The third-order valence-corrected chi connectivity index (χ3v) is 3.10. The maximum absolute atomic E-state index is 8.86. The molecule has 0 saturated heterocycles. The lowest BCUT2D eigenvalue weighted by Gasteiger charge is -2.11. The van der Waals surface area contributed by atoms with Gasteiger partial charge in [0.2, 0.25) is 0 Å². The Morgan fingerprint density at radius 1 is 1.20 bits per heavy atom. The Labute approximate surface area is 119 Å². The van der Waals surface area contributed by atoms with Gasteiger partial charge < -0.3 is 10.1 Å². The second kappa shape index (κ2) is 6.63. The Balaban J connectivity index is 2.05. The zero-order valence-electron chi connectivity index (χ0n) is 11.8. The van der Waals surface area contributed by atoms with Crippen LogP contribution in [0.1, 0.15) is 23.6 Å². The van der Waals surface area contributed by atoms with Gasteiger partial charge in [-0.05, 0) is 49.2 Å². The summed E-state index contributed by atoms with van der Waals surface area (Å²) in [6.07, 6.45) is 0. The molecule has 0 radical (unpaired) electrons. The lowest BCUT2D eigenvalue weighted by molar-refractivity contribution is 0.340. The second-order valence-electron chi connectivity index (χ2n) is 4.57. The molecule has 0 saturated carbocycles. The van der Waals surface area contributed by atoms with Crippen LogP contribution >= 0.6 is 0 Å². The molecule has 0 heterocycles. The van der Waals surface area contributed by atoms with Crippen LogP contribution in [0.4, 0.5) is 5.69 Å². The molecule has 2 aromatic rings. The van der Waals surface area contributed by atoms with Gasteiger partial charge in [-0.15, -0.1) is 0 Å². The molecule has 20 heavy (non-hydrogen) atoms. The summed E-state index contributed by atoms with van der Waals surface area (Å²) in [5.41, 5.74) is 4.03. The Hall–Kier alpha value is -2.47. The van der Waals surface area contributed by atoms with E-state index in [0.717, 1.165) is 23.5 Å². The predicted molar refractivity (Wildman–Crippen MR) is 80.8 cm³/mol. The van der Waals surface area contributed by atoms with E-state index in [0.29, 0.717) is 12.2 Å². The van der Waals surface area contributed by atoms with Crippen LogP contribution in [0.5, 0.6) is 5.75 Å². The highest BCUT2D eigenvalue weighted by Crippen LogP contribution is 2.19. The van der Waals surface area contributed by atoms with Gasteiger partial charge in [-0.25, -0.2) is 0 Å². The molecular weight excluding hydrogens is 248 g/mol. The summed E-state index contributed by atoms with van der Waals surface area (Å²) in [7, 11) is 0. The highest BCUT2D eigenvalue weighted by molar-refractivity contribution is 5.49. The van der Waals surface area contributed by atoms with Crippen molar-refractivity contribution in [3.8, 4) is 11.8 Å². The fraction of sp³-hybridized carbons (Fsp3) is 0.235. The van der Waals surface area contributed by atoms with Crippen LogP contribution in [-0.2, 0) is 6.54 Å². The normalized spacial score (nSPS) is 9.85. The number of rotatable bonds is 5. The molecule has 0 spiro atoms. The van der Waals surface area contributed by atoms with Gasteiger partial charge in [0.25, 0.3) is 0 Å². The minimum atomic E-state index is 0.665. The SMILES string of the molecule is CCOc1cccc(NCc2ccc(C#N)cc2C)c1. The molecule has 0 aromatic heterocycles. The van der Waals surface area contributed by atoms with Crippen molar-refractivity contribution in [1.82, 2.24) is 0 Å². The highest BCUT2D eigenvalue weighted by atomic mass is 16.5. The number of ether oxygens (including phenoxy) is 1. The van der Waals surface area contributed by atoms with Crippen LogP contribution in [0.3, 0.4) is 0 Å². The average Bonchev–Trinajstić information content (AvgIpc) is 2.46. The minimum Gasteiger partial charge on any atom is -0.494 e. The van der Waals surface area contributed by atoms with E-state index in [1.165, 1.54) is 5.56 Å². The number of benzene rings is 2. The topological polar surface area (TPSA) is 45.0 Å². The number of aryl methyl sites for hydroxylation is 1. The Morgan fingerprint density at radius 3 is 2.75 bits per heavy atom. The molecule has 1 N–H and O–H groups in total. The fourth-order valence-corrected chi connectivity index (χ4v) is 2.02. The number of nitriles is 1. The van der Waals surface area contributed by atoms with E-state index in [1.54, 1.807) is 0 Å². The lowest BCUT2D eigenvalue weighted by atomic mass is 10.1. The molecule has 2 aromatic carbocycles. The van der Waals surface area contributed by atoms with E-state index in [-0.39, 0.29) is 0 Å². The molecular formula is C17H18N2O. The van der Waals surface area contributed by atoms with Crippen LogP contribution in [0.25, 0.3) is 0 Å². The fourth-order valence-electron chi connectivity index (χ4n) is 2.02. The van der Waals surface area contributed by atoms with Crippen LogP contribution in [0.15, 0.2) is 42.5 Å². The van der Waals surface area contributed by atoms with Gasteiger partial charge >= 0.3 is 0 Å². The molecule has 2 rings (SSSR count). The van der Waals surface area contributed by atoms with Crippen LogP contribution in [0, 0.1) is 18.3 Å². The first-order valence-corrected chi connectivity index (χ1v) is 6.69. The van der Waals surface area contributed by atoms with Crippen LogP contribution in [-0.4, -0.2) is 6.61 Å². The van der Waals surface area contributed by atoms with E-state index in [9.17, 15) is 0 Å². The van der Waals surface area contributed by atoms with Gasteiger partial charge in [0.1, 0.15) is 5.75 Å². The first kappa shape index (κ1) is 14.0. The highest BCUT2D eigenvalue weighted by Gasteiger charge is 2.01. The minimum absolute atomic E-state index is 0.665. The van der Waals surface area contributed by atoms with Crippen molar-refractivity contribution >= 4 is 5.69 Å². The first-order valence-electron chi connectivity index (χ1n) is 6.69. The summed E-state index contributed by atoms with van der Waals surface area (Å²) < 4.78 is 5.48. The van der Waals surface area contributed by atoms with Crippen molar-refractivity contribution in [3.05, 3.63) is 59.2 Å². The van der Waals surface area contributed by atoms with Crippen molar-refractivity contribution in [2.24, 2.45) is 0 Å². The molecule has 0 aliphatic heterocycles. The first-order chi connectivity index (χ1) is 9.72. The second-order valence-corrected chi connectivity index (χ2v) is 4.57. The van der Waals surface area contributed by atoms with Crippen molar-refractivity contribution in [1.29, 1.82) is 5.26 Å². The number of anilines is 1. The van der Waals surface area contributed by atoms with Crippen molar-refractivity contribution in [2.45, 2.75) is 20.4 Å². The standard InChI is InChI=1S/C17H18N2O/c1-3-20-17-6-4-5-16(10-17)19-12-15-8-7-14(11-18)9-13(15)2/h4-10,19H,3,12H2,1-2H3. The average molecular weight is 266 g/mol. The molecule has 0 aliphatic carbocycles.